The van der Waals surface area contributed by atoms with Crippen LogP contribution in [0.2, 0.25) is 0 Å². The molecule has 25 heavy (non-hydrogen) atoms. The third-order valence-corrected chi connectivity index (χ3v) is 4.50. The van der Waals surface area contributed by atoms with E-state index >= 15 is 0 Å². The maximum Gasteiger partial charge on any atom is 0.368 e. The molecule has 0 amide bonds. The first-order valence-electron chi connectivity index (χ1n) is 8.21. The fourth-order valence-electron chi connectivity index (χ4n) is 3.12. The first-order valence-corrected chi connectivity index (χ1v) is 8.21. The highest BCUT2D eigenvalue weighted by Crippen LogP contribution is 2.38. The normalized spacial score (nSPS) is 23.4. The van der Waals surface area contributed by atoms with Crippen molar-refractivity contribution in [3.63, 3.8) is 0 Å². The van der Waals surface area contributed by atoms with Crippen molar-refractivity contribution in [1.82, 2.24) is 19.8 Å². The van der Waals surface area contributed by atoms with Gasteiger partial charge in [0.1, 0.15) is 17.3 Å². The number of ether oxygens (including phenoxy) is 1. The van der Waals surface area contributed by atoms with E-state index in [4.69, 9.17) is 4.74 Å². The van der Waals surface area contributed by atoms with E-state index in [0.717, 1.165) is 9.36 Å². The number of benzene rings is 1. The Kier molecular flexibility index (Phi) is 4.02. The van der Waals surface area contributed by atoms with E-state index in [1.165, 1.54) is 13.1 Å². The van der Waals surface area contributed by atoms with Crippen molar-refractivity contribution in [1.29, 1.82) is 0 Å². The first-order chi connectivity index (χ1) is 11.5. The summed E-state index contributed by atoms with van der Waals surface area (Å²) in [7, 11) is 3.34. The highest BCUT2D eigenvalue weighted by atomic mass is 19.1. The molecule has 7 nitrogen and oxygen atoms in total. The summed E-state index contributed by atoms with van der Waals surface area (Å²) in [6.45, 7) is 5.66. The van der Waals surface area contributed by atoms with E-state index in [1.807, 2.05) is 28.6 Å². The number of tetrazole rings is 1. The lowest BCUT2D eigenvalue weighted by atomic mass is 9.64. The second kappa shape index (κ2) is 5.69. The van der Waals surface area contributed by atoms with E-state index < -0.39 is 28.5 Å². The number of halogens is 1. The predicted octanol–water partition coefficient (Wildman–Crippen LogP) is 0.265. The Morgan fingerprint density at radius 2 is 2.00 bits per heavy atom. The van der Waals surface area contributed by atoms with E-state index in [2.05, 4.69) is 10.4 Å². The Morgan fingerprint density at radius 3 is 2.48 bits per heavy atom. The van der Waals surface area contributed by atoms with Crippen molar-refractivity contribution in [2.45, 2.75) is 50.6 Å². The first kappa shape index (κ1) is 17.7. The molecule has 1 heterocycles. The number of hydrogen-bond donors (Lipinski definition) is 1. The molecule has 1 aromatic heterocycles. The van der Waals surface area contributed by atoms with Crippen molar-refractivity contribution in [3.8, 4) is 11.4 Å². The number of aryl methyl sites for hydroxylation is 1. The molecular formula is C16H22BFN4O3. The molecular weight excluding hydrogens is 326 g/mol. The van der Waals surface area contributed by atoms with E-state index in [9.17, 15) is 14.3 Å². The summed E-state index contributed by atoms with van der Waals surface area (Å²) < 4.78 is 22.8. The minimum Gasteiger partial charge on any atom is -0.494 e. The SMILES string of the molecule is BC1(Oc2cc(F)c(C(C)(C)C)cc2-n2nnn(C)c2=O)CC(O)C1. The standard InChI is InChI=1S/C16H22BFN4O3/c1-15(2,3)10-5-12(22-14(24)21(4)19-20-22)13(6-11(10)18)25-16(17)7-9(23)8-16/h5-6,9,23H,7-8,17H2,1-4H3. The van der Waals surface area contributed by atoms with Gasteiger partial charge in [-0.25, -0.2) is 9.18 Å². The van der Waals surface area contributed by atoms with Crippen LogP contribution in [0.15, 0.2) is 16.9 Å². The predicted molar refractivity (Wildman–Crippen MR) is 92.4 cm³/mol. The van der Waals surface area contributed by atoms with Crippen molar-refractivity contribution < 1.29 is 14.2 Å². The molecule has 0 bridgehead atoms. The van der Waals surface area contributed by atoms with Gasteiger partial charge in [-0.2, -0.15) is 9.36 Å². The fourth-order valence-corrected chi connectivity index (χ4v) is 3.12. The number of aromatic nitrogens is 4. The molecule has 134 valence electrons. The van der Waals surface area contributed by atoms with Gasteiger partial charge in [0.25, 0.3) is 0 Å². The molecule has 1 aromatic carbocycles. The van der Waals surface area contributed by atoms with Crippen LogP contribution in [0, 0.1) is 5.82 Å². The van der Waals surface area contributed by atoms with Gasteiger partial charge in [-0.05, 0) is 27.5 Å². The fraction of sp³-hybridized carbons (Fsp3) is 0.562. The monoisotopic (exact) mass is 348 g/mol. The molecule has 1 N–H and O–H groups in total. The Morgan fingerprint density at radius 1 is 1.36 bits per heavy atom. The summed E-state index contributed by atoms with van der Waals surface area (Å²) in [6.07, 6.45) is 0.473. The summed E-state index contributed by atoms with van der Waals surface area (Å²) in [5.41, 5.74) is -0.719. The molecule has 0 saturated heterocycles. The van der Waals surface area contributed by atoms with Crippen molar-refractivity contribution >= 4 is 7.85 Å². The second-order valence-electron chi connectivity index (χ2n) is 7.96. The average Bonchev–Trinajstić information content (AvgIpc) is 2.76. The molecule has 9 heteroatoms. The Hall–Kier alpha value is -2.16. The van der Waals surface area contributed by atoms with Gasteiger partial charge in [0.05, 0.1) is 11.6 Å². The average molecular weight is 348 g/mol. The van der Waals surface area contributed by atoms with E-state index in [0.29, 0.717) is 24.1 Å². The molecule has 1 aliphatic rings. The Bertz CT molecular complexity index is 865. The molecule has 0 aliphatic heterocycles. The van der Waals surface area contributed by atoms with Crippen LogP contribution in [0.3, 0.4) is 0 Å². The lowest BCUT2D eigenvalue weighted by molar-refractivity contribution is -0.0398. The minimum absolute atomic E-state index is 0.211. The summed E-state index contributed by atoms with van der Waals surface area (Å²) in [6, 6.07) is 2.87. The summed E-state index contributed by atoms with van der Waals surface area (Å²) in [4.78, 5) is 12.3. The van der Waals surface area contributed by atoms with Crippen molar-refractivity contribution in [2.75, 3.05) is 0 Å². The number of hydrogen-bond acceptors (Lipinski definition) is 5. The Labute approximate surface area is 145 Å². The maximum absolute atomic E-state index is 14.7. The lowest BCUT2D eigenvalue weighted by Crippen LogP contribution is -2.52. The largest absolute Gasteiger partial charge is 0.494 e. The van der Waals surface area contributed by atoms with Gasteiger partial charge >= 0.3 is 5.69 Å². The molecule has 0 spiro atoms. The highest BCUT2D eigenvalue weighted by molar-refractivity contribution is 6.15. The Balaban J connectivity index is 2.15. The molecule has 3 rings (SSSR count). The molecule has 0 radical (unpaired) electrons. The zero-order chi connectivity index (χ0) is 18.6. The summed E-state index contributed by atoms with van der Waals surface area (Å²) in [5, 5.41) is 17.1. The zero-order valence-electron chi connectivity index (χ0n) is 15.1. The smallest absolute Gasteiger partial charge is 0.368 e. The number of rotatable bonds is 3. The molecule has 1 saturated carbocycles. The van der Waals surface area contributed by atoms with Crippen LogP contribution in [0.4, 0.5) is 4.39 Å². The molecule has 0 atom stereocenters. The van der Waals surface area contributed by atoms with Crippen LogP contribution in [0.5, 0.6) is 5.75 Å². The van der Waals surface area contributed by atoms with Gasteiger partial charge in [-0.1, -0.05) is 20.8 Å². The van der Waals surface area contributed by atoms with E-state index in [1.54, 1.807) is 6.07 Å². The number of nitrogens with zero attached hydrogens (tertiary/aromatic N) is 4. The van der Waals surface area contributed by atoms with Gasteiger partial charge in [-0.15, -0.1) is 0 Å². The van der Waals surface area contributed by atoms with Crippen LogP contribution in [0.25, 0.3) is 5.69 Å². The second-order valence-corrected chi connectivity index (χ2v) is 7.96. The summed E-state index contributed by atoms with van der Waals surface area (Å²) >= 11 is 0. The quantitative estimate of drug-likeness (QED) is 0.805. The van der Waals surface area contributed by atoms with Crippen LogP contribution >= 0.6 is 0 Å². The zero-order valence-corrected chi connectivity index (χ0v) is 15.1. The third kappa shape index (κ3) is 3.20. The van der Waals surface area contributed by atoms with Crippen LogP contribution in [-0.2, 0) is 12.5 Å². The minimum atomic E-state index is -0.602. The highest BCUT2D eigenvalue weighted by Gasteiger charge is 2.42. The molecule has 1 fully saturated rings. The molecule has 0 unspecified atom stereocenters. The lowest BCUT2D eigenvalue weighted by Gasteiger charge is -2.43. The third-order valence-electron chi connectivity index (χ3n) is 4.50. The van der Waals surface area contributed by atoms with Crippen LogP contribution in [0.1, 0.15) is 39.2 Å². The molecule has 1 aliphatic carbocycles. The van der Waals surface area contributed by atoms with Crippen LogP contribution < -0.4 is 10.4 Å². The topological polar surface area (TPSA) is 82.2 Å². The number of aliphatic hydroxyl groups is 1. The number of aliphatic hydroxyl groups excluding tert-OH is 1. The van der Waals surface area contributed by atoms with Gasteiger partial charge in [0.15, 0.2) is 7.85 Å². The van der Waals surface area contributed by atoms with Crippen LogP contribution in [-0.4, -0.2) is 44.3 Å². The van der Waals surface area contributed by atoms with Gasteiger partial charge in [-0.3, -0.25) is 0 Å². The van der Waals surface area contributed by atoms with Gasteiger partial charge in [0, 0.05) is 26.0 Å². The molecule has 2 aromatic rings. The van der Waals surface area contributed by atoms with Gasteiger partial charge in [0.2, 0.25) is 0 Å². The van der Waals surface area contributed by atoms with Crippen molar-refractivity contribution in [2.24, 2.45) is 7.05 Å². The van der Waals surface area contributed by atoms with E-state index in [-0.39, 0.29) is 5.75 Å². The maximum atomic E-state index is 14.7. The summed E-state index contributed by atoms with van der Waals surface area (Å²) in [5.74, 6) is -0.200. The van der Waals surface area contributed by atoms with Crippen molar-refractivity contribution in [3.05, 3.63) is 34.0 Å². The van der Waals surface area contributed by atoms with Gasteiger partial charge < -0.3 is 9.84 Å².